The maximum absolute atomic E-state index is 12.1. The second-order valence-electron chi connectivity index (χ2n) is 6.34. The van der Waals surface area contributed by atoms with Crippen LogP contribution in [0.2, 0.25) is 0 Å². The Kier molecular flexibility index (Phi) is 14.1. The number of halogens is 5. The average Bonchev–Trinajstić information content (AvgIpc) is 2.42. The number of rotatable bonds is 8. The molecule has 2 unspecified atom stereocenters. The predicted octanol–water partition coefficient (Wildman–Crippen LogP) is 2.86. The van der Waals surface area contributed by atoms with Crippen LogP contribution in [0.15, 0.2) is 0 Å². The zero-order chi connectivity index (χ0) is 16.6. The molecule has 2 atom stereocenters. The van der Waals surface area contributed by atoms with E-state index in [-0.39, 0.29) is 30.7 Å². The van der Waals surface area contributed by atoms with E-state index >= 15 is 0 Å². The first-order chi connectivity index (χ1) is 10.3. The number of alkyl halides is 3. The molecule has 0 saturated carbocycles. The van der Waals surface area contributed by atoms with Crippen molar-refractivity contribution in [2.75, 3.05) is 39.8 Å². The van der Waals surface area contributed by atoms with Crippen LogP contribution in [0.25, 0.3) is 0 Å². The summed E-state index contributed by atoms with van der Waals surface area (Å²) in [5.41, 5.74) is 0. The van der Waals surface area contributed by atoms with Crippen LogP contribution in [0.3, 0.4) is 0 Å². The Balaban J connectivity index is 0. The number of piperidine rings is 1. The van der Waals surface area contributed by atoms with Crippen molar-refractivity contribution in [3.8, 4) is 0 Å². The Morgan fingerprint density at radius 1 is 1.38 bits per heavy atom. The SMILES string of the molecule is CC(CC(=O)NCCCN(C)CC(F)(F)F)C1CCCNC1.Cl.Cl. The molecular weight excluding hydrogens is 366 g/mol. The molecule has 1 aliphatic rings. The molecule has 4 nitrogen and oxygen atoms in total. The van der Waals surface area contributed by atoms with E-state index in [0.717, 1.165) is 25.9 Å². The molecule has 1 fully saturated rings. The molecule has 1 heterocycles. The summed E-state index contributed by atoms with van der Waals surface area (Å²) < 4.78 is 36.4. The van der Waals surface area contributed by atoms with Crippen molar-refractivity contribution < 1.29 is 18.0 Å². The maximum atomic E-state index is 12.1. The highest BCUT2D eigenvalue weighted by atomic mass is 35.5. The van der Waals surface area contributed by atoms with Gasteiger partial charge in [-0.2, -0.15) is 13.2 Å². The van der Waals surface area contributed by atoms with Crippen LogP contribution < -0.4 is 10.6 Å². The summed E-state index contributed by atoms with van der Waals surface area (Å²) in [7, 11) is 1.44. The number of hydrogen-bond donors (Lipinski definition) is 2. The highest BCUT2D eigenvalue weighted by Gasteiger charge is 2.28. The Labute approximate surface area is 155 Å². The monoisotopic (exact) mass is 395 g/mol. The maximum Gasteiger partial charge on any atom is 0.401 e. The Hall–Kier alpha value is -0.240. The highest BCUT2D eigenvalue weighted by molar-refractivity contribution is 5.85. The number of carbonyl (C=O) groups is 1. The van der Waals surface area contributed by atoms with Gasteiger partial charge in [0, 0.05) is 13.0 Å². The van der Waals surface area contributed by atoms with E-state index in [1.54, 1.807) is 0 Å². The summed E-state index contributed by atoms with van der Waals surface area (Å²) in [5, 5.41) is 6.15. The van der Waals surface area contributed by atoms with Gasteiger partial charge in [-0.05, 0) is 57.8 Å². The minimum absolute atomic E-state index is 0. The van der Waals surface area contributed by atoms with Crippen LogP contribution in [-0.4, -0.2) is 56.8 Å². The molecule has 1 aliphatic heterocycles. The van der Waals surface area contributed by atoms with Gasteiger partial charge in [0.25, 0.3) is 0 Å². The minimum Gasteiger partial charge on any atom is -0.356 e. The van der Waals surface area contributed by atoms with Gasteiger partial charge in [-0.3, -0.25) is 9.69 Å². The number of nitrogens with one attached hydrogen (secondary N) is 2. The molecule has 0 spiro atoms. The molecule has 0 aromatic rings. The van der Waals surface area contributed by atoms with E-state index in [9.17, 15) is 18.0 Å². The largest absolute Gasteiger partial charge is 0.401 e. The normalized spacial score (nSPS) is 19.2. The van der Waals surface area contributed by atoms with Crippen molar-refractivity contribution in [3.63, 3.8) is 0 Å². The molecule has 0 radical (unpaired) electrons. The van der Waals surface area contributed by atoms with Crippen LogP contribution in [0.1, 0.15) is 32.6 Å². The molecule has 0 aliphatic carbocycles. The van der Waals surface area contributed by atoms with Gasteiger partial charge in [0.1, 0.15) is 0 Å². The lowest BCUT2D eigenvalue weighted by molar-refractivity contribution is -0.143. The molecule has 1 rings (SSSR count). The number of amides is 1. The van der Waals surface area contributed by atoms with E-state index in [4.69, 9.17) is 0 Å². The van der Waals surface area contributed by atoms with Crippen LogP contribution in [0.4, 0.5) is 13.2 Å². The van der Waals surface area contributed by atoms with Crippen molar-refractivity contribution in [1.82, 2.24) is 15.5 Å². The third kappa shape index (κ3) is 12.2. The van der Waals surface area contributed by atoms with E-state index in [1.807, 2.05) is 0 Å². The van der Waals surface area contributed by atoms with Gasteiger partial charge in [-0.15, -0.1) is 24.8 Å². The molecule has 24 heavy (non-hydrogen) atoms. The van der Waals surface area contributed by atoms with Gasteiger partial charge >= 0.3 is 6.18 Å². The van der Waals surface area contributed by atoms with Crippen molar-refractivity contribution in [3.05, 3.63) is 0 Å². The molecule has 1 amide bonds. The summed E-state index contributed by atoms with van der Waals surface area (Å²) in [6, 6.07) is 0. The first-order valence-electron chi connectivity index (χ1n) is 8.00. The summed E-state index contributed by atoms with van der Waals surface area (Å²) in [6.45, 7) is 3.96. The van der Waals surface area contributed by atoms with Crippen molar-refractivity contribution >= 4 is 30.7 Å². The topological polar surface area (TPSA) is 44.4 Å². The van der Waals surface area contributed by atoms with Gasteiger partial charge in [0.05, 0.1) is 6.54 Å². The predicted molar refractivity (Wildman–Crippen MR) is 95.0 cm³/mol. The zero-order valence-corrected chi connectivity index (χ0v) is 16.0. The van der Waals surface area contributed by atoms with Gasteiger partial charge < -0.3 is 10.6 Å². The Morgan fingerprint density at radius 2 is 2.04 bits per heavy atom. The van der Waals surface area contributed by atoms with Gasteiger partial charge in [0.2, 0.25) is 5.91 Å². The summed E-state index contributed by atoms with van der Waals surface area (Å²) >= 11 is 0. The first kappa shape index (κ1) is 26.0. The summed E-state index contributed by atoms with van der Waals surface area (Å²) in [5.74, 6) is 0.870. The van der Waals surface area contributed by atoms with E-state index < -0.39 is 12.7 Å². The average molecular weight is 396 g/mol. The second kappa shape index (κ2) is 13.0. The molecule has 1 saturated heterocycles. The lowest BCUT2D eigenvalue weighted by Crippen LogP contribution is -2.36. The lowest BCUT2D eigenvalue weighted by Gasteiger charge is -2.28. The first-order valence-corrected chi connectivity index (χ1v) is 8.00. The molecule has 0 aromatic carbocycles. The van der Waals surface area contributed by atoms with E-state index in [1.165, 1.54) is 11.9 Å². The molecule has 9 heteroatoms. The summed E-state index contributed by atoms with van der Waals surface area (Å²) in [6.07, 6.45) is -0.838. The fraction of sp³-hybridized carbons (Fsp3) is 0.933. The van der Waals surface area contributed by atoms with Gasteiger partial charge in [-0.1, -0.05) is 6.92 Å². The number of carbonyl (C=O) groups excluding carboxylic acids is 1. The van der Waals surface area contributed by atoms with Crippen LogP contribution in [0.5, 0.6) is 0 Å². The van der Waals surface area contributed by atoms with E-state index in [2.05, 4.69) is 17.6 Å². The lowest BCUT2D eigenvalue weighted by atomic mass is 9.85. The third-order valence-corrected chi connectivity index (χ3v) is 4.14. The van der Waals surface area contributed by atoms with Crippen molar-refractivity contribution in [1.29, 1.82) is 0 Å². The third-order valence-electron chi connectivity index (χ3n) is 4.14. The van der Waals surface area contributed by atoms with Crippen LogP contribution in [-0.2, 0) is 4.79 Å². The Morgan fingerprint density at radius 3 is 2.58 bits per heavy atom. The fourth-order valence-corrected chi connectivity index (χ4v) is 2.86. The molecule has 2 N–H and O–H groups in total. The molecule has 146 valence electrons. The second-order valence-corrected chi connectivity index (χ2v) is 6.34. The standard InChI is InChI=1S/C15H28F3N3O.2ClH/c1-12(13-5-3-6-19-10-13)9-14(22)20-7-4-8-21(2)11-15(16,17)18;;/h12-13,19H,3-11H2,1-2H3,(H,20,22);2*1H. The number of nitrogens with zero attached hydrogens (tertiary/aromatic N) is 1. The quantitative estimate of drug-likeness (QED) is 0.621. The van der Waals surface area contributed by atoms with Crippen LogP contribution in [0, 0.1) is 11.8 Å². The smallest absolute Gasteiger partial charge is 0.356 e. The minimum atomic E-state index is -4.17. The number of hydrogen-bond acceptors (Lipinski definition) is 3. The molecule has 0 bridgehead atoms. The van der Waals surface area contributed by atoms with Crippen LogP contribution >= 0.6 is 24.8 Å². The highest BCUT2D eigenvalue weighted by Crippen LogP contribution is 2.22. The van der Waals surface area contributed by atoms with E-state index in [0.29, 0.717) is 37.8 Å². The van der Waals surface area contributed by atoms with Crippen molar-refractivity contribution in [2.24, 2.45) is 11.8 Å². The molecule has 0 aromatic heterocycles. The zero-order valence-electron chi connectivity index (χ0n) is 14.3. The van der Waals surface area contributed by atoms with Crippen molar-refractivity contribution in [2.45, 2.75) is 38.8 Å². The van der Waals surface area contributed by atoms with Gasteiger partial charge in [0.15, 0.2) is 0 Å². The van der Waals surface area contributed by atoms with Gasteiger partial charge in [-0.25, -0.2) is 0 Å². The molecular formula is C15H30Cl2F3N3O. The Bertz CT molecular complexity index is 340. The summed E-state index contributed by atoms with van der Waals surface area (Å²) in [4.78, 5) is 13.1. The fourth-order valence-electron chi connectivity index (χ4n) is 2.86.